The molecule has 1 spiro atoms. The molecule has 0 unspecified atom stereocenters. The van der Waals surface area contributed by atoms with E-state index in [1.807, 2.05) is 0 Å². The summed E-state index contributed by atoms with van der Waals surface area (Å²) in [4.78, 5) is 11.2. The Hall–Kier alpha value is -2.34. The van der Waals surface area contributed by atoms with E-state index in [0.29, 0.717) is 23.5 Å². The number of carboxylic acids is 1. The van der Waals surface area contributed by atoms with Crippen LogP contribution in [0.15, 0.2) is 36.4 Å². The SMILES string of the molecule is O=C(O)c1ccc2c(c1)NC[C@@]1(CCC(F)(F)c3cc(Cl)ccc31)CO2. The number of nitrogens with one attached hydrogen (secondary N) is 1. The summed E-state index contributed by atoms with van der Waals surface area (Å²) >= 11 is 5.95. The lowest BCUT2D eigenvalue weighted by molar-refractivity contribution is -0.0355. The minimum atomic E-state index is -2.93. The fraction of sp³-hybridized carbons (Fsp3) is 0.316. The third-order valence-corrected chi connectivity index (χ3v) is 5.45. The van der Waals surface area contributed by atoms with E-state index in [0.717, 1.165) is 0 Å². The number of hydrogen-bond acceptors (Lipinski definition) is 3. The van der Waals surface area contributed by atoms with Crippen molar-refractivity contribution in [1.82, 2.24) is 0 Å². The number of carboxylic acid groups (broad SMARTS) is 1. The number of alkyl halides is 2. The fourth-order valence-corrected chi connectivity index (χ4v) is 3.91. The van der Waals surface area contributed by atoms with Crippen molar-refractivity contribution in [2.24, 2.45) is 0 Å². The Kier molecular flexibility index (Phi) is 3.84. The average molecular weight is 380 g/mol. The van der Waals surface area contributed by atoms with Crippen LogP contribution >= 0.6 is 11.6 Å². The molecule has 2 aromatic rings. The summed E-state index contributed by atoms with van der Waals surface area (Å²) in [7, 11) is 0. The van der Waals surface area contributed by atoms with Crippen molar-refractivity contribution >= 4 is 23.3 Å². The fourth-order valence-electron chi connectivity index (χ4n) is 3.74. The number of benzene rings is 2. The molecule has 7 heteroatoms. The smallest absolute Gasteiger partial charge is 0.335 e. The molecule has 2 N–H and O–H groups in total. The van der Waals surface area contributed by atoms with E-state index in [2.05, 4.69) is 5.32 Å². The van der Waals surface area contributed by atoms with Crippen molar-refractivity contribution in [2.75, 3.05) is 18.5 Å². The molecule has 4 rings (SSSR count). The zero-order valence-corrected chi connectivity index (χ0v) is 14.4. The minimum absolute atomic E-state index is 0.0566. The summed E-state index contributed by atoms with van der Waals surface area (Å²) in [5.74, 6) is -3.45. The van der Waals surface area contributed by atoms with E-state index >= 15 is 0 Å². The van der Waals surface area contributed by atoms with Crippen LogP contribution in [0.4, 0.5) is 14.5 Å². The monoisotopic (exact) mass is 379 g/mol. The van der Waals surface area contributed by atoms with E-state index in [4.69, 9.17) is 21.4 Å². The van der Waals surface area contributed by atoms with Gasteiger partial charge in [0.25, 0.3) is 5.92 Å². The largest absolute Gasteiger partial charge is 0.490 e. The van der Waals surface area contributed by atoms with Crippen LogP contribution in [0.3, 0.4) is 0 Å². The van der Waals surface area contributed by atoms with Gasteiger partial charge in [0.1, 0.15) is 5.75 Å². The van der Waals surface area contributed by atoms with E-state index in [1.54, 1.807) is 18.2 Å². The summed E-state index contributed by atoms with van der Waals surface area (Å²) in [5.41, 5.74) is 0.521. The van der Waals surface area contributed by atoms with Gasteiger partial charge in [-0.05, 0) is 42.3 Å². The predicted molar refractivity (Wildman–Crippen MR) is 93.6 cm³/mol. The quantitative estimate of drug-likeness (QED) is 0.756. The second kappa shape index (κ2) is 5.84. The predicted octanol–water partition coefficient (Wildman–Crippen LogP) is 4.67. The molecule has 2 aliphatic rings. The molecule has 4 nitrogen and oxygen atoms in total. The van der Waals surface area contributed by atoms with Gasteiger partial charge in [0.05, 0.1) is 17.9 Å². The van der Waals surface area contributed by atoms with Crippen LogP contribution in [0.2, 0.25) is 5.02 Å². The maximum atomic E-state index is 14.4. The van der Waals surface area contributed by atoms with E-state index in [9.17, 15) is 13.6 Å². The molecule has 1 aliphatic heterocycles. The lowest BCUT2D eigenvalue weighted by Crippen LogP contribution is -2.44. The van der Waals surface area contributed by atoms with E-state index < -0.39 is 17.3 Å². The summed E-state index contributed by atoms with van der Waals surface area (Å²) in [6.07, 6.45) is -0.0382. The van der Waals surface area contributed by atoms with Crippen molar-refractivity contribution in [1.29, 1.82) is 0 Å². The first-order valence-electron chi connectivity index (χ1n) is 8.23. The lowest BCUT2D eigenvalue weighted by atomic mass is 9.69. The molecule has 1 atom stereocenters. The van der Waals surface area contributed by atoms with Gasteiger partial charge in [-0.15, -0.1) is 0 Å². The number of anilines is 1. The zero-order chi connectivity index (χ0) is 18.5. The van der Waals surface area contributed by atoms with Crippen LogP contribution in [-0.4, -0.2) is 24.2 Å². The third kappa shape index (κ3) is 2.69. The Balaban J connectivity index is 1.74. The maximum Gasteiger partial charge on any atom is 0.335 e. The van der Waals surface area contributed by atoms with Gasteiger partial charge in [-0.25, -0.2) is 13.6 Å². The maximum absolute atomic E-state index is 14.4. The second-order valence-electron chi connectivity index (χ2n) is 6.83. The van der Waals surface area contributed by atoms with Crippen LogP contribution < -0.4 is 10.1 Å². The number of ether oxygens (including phenoxy) is 1. The molecule has 2 aromatic carbocycles. The molecule has 0 bridgehead atoms. The number of rotatable bonds is 1. The molecule has 136 valence electrons. The van der Waals surface area contributed by atoms with E-state index in [1.165, 1.54) is 18.2 Å². The van der Waals surface area contributed by atoms with Crippen molar-refractivity contribution < 1.29 is 23.4 Å². The average Bonchev–Trinajstić information content (AvgIpc) is 2.79. The number of carbonyl (C=O) groups is 1. The van der Waals surface area contributed by atoms with Gasteiger partial charge in [-0.1, -0.05) is 17.7 Å². The van der Waals surface area contributed by atoms with Crippen LogP contribution in [0.1, 0.15) is 34.3 Å². The number of fused-ring (bicyclic) bond motifs is 3. The van der Waals surface area contributed by atoms with Crippen molar-refractivity contribution in [3.05, 3.63) is 58.1 Å². The summed E-state index contributed by atoms with van der Waals surface area (Å²) in [5, 5.41) is 12.6. The highest BCUT2D eigenvalue weighted by Gasteiger charge is 2.49. The van der Waals surface area contributed by atoms with Gasteiger partial charge in [0, 0.05) is 29.0 Å². The van der Waals surface area contributed by atoms with Crippen LogP contribution in [0.5, 0.6) is 5.75 Å². The van der Waals surface area contributed by atoms with E-state index in [-0.39, 0.29) is 35.6 Å². The molecule has 0 saturated heterocycles. The van der Waals surface area contributed by atoms with Gasteiger partial charge >= 0.3 is 5.97 Å². The number of halogens is 3. The molecule has 0 amide bonds. The molecular formula is C19H16ClF2NO3. The molecule has 0 radical (unpaired) electrons. The van der Waals surface area contributed by atoms with Crippen LogP contribution in [-0.2, 0) is 11.3 Å². The standard InChI is InChI=1S/C19H16ClF2NO3/c20-12-2-3-13-14(8-12)19(21,22)6-5-18(13)9-23-15-7-11(17(24)25)1-4-16(15)26-10-18/h1-4,7-8,23H,5-6,9-10H2,(H,24,25)/t18-/m0/s1. The van der Waals surface area contributed by atoms with Crippen molar-refractivity contribution in [2.45, 2.75) is 24.2 Å². The van der Waals surface area contributed by atoms with Gasteiger partial charge in [-0.2, -0.15) is 0 Å². The highest BCUT2D eigenvalue weighted by molar-refractivity contribution is 6.30. The van der Waals surface area contributed by atoms with Crippen LogP contribution in [0, 0.1) is 0 Å². The summed E-state index contributed by atoms with van der Waals surface area (Å²) in [6.45, 7) is 0.595. The van der Waals surface area contributed by atoms with Gasteiger partial charge < -0.3 is 15.2 Å². The zero-order valence-electron chi connectivity index (χ0n) is 13.7. The molecular weight excluding hydrogens is 364 g/mol. The van der Waals surface area contributed by atoms with Crippen molar-refractivity contribution in [3.8, 4) is 5.75 Å². The Labute approximate surface area is 153 Å². The Morgan fingerprint density at radius 3 is 2.73 bits per heavy atom. The topological polar surface area (TPSA) is 58.6 Å². The molecule has 0 fully saturated rings. The first kappa shape index (κ1) is 17.1. The molecule has 1 heterocycles. The molecule has 26 heavy (non-hydrogen) atoms. The normalized spacial score (nSPS) is 23.2. The number of hydrogen-bond donors (Lipinski definition) is 2. The van der Waals surface area contributed by atoms with Gasteiger partial charge in [0.15, 0.2) is 0 Å². The Morgan fingerprint density at radius 1 is 1.15 bits per heavy atom. The van der Waals surface area contributed by atoms with Gasteiger partial charge in [0.2, 0.25) is 0 Å². The lowest BCUT2D eigenvalue weighted by Gasteiger charge is -2.40. The summed E-state index contributed by atoms with van der Waals surface area (Å²) in [6, 6.07) is 9.14. The second-order valence-corrected chi connectivity index (χ2v) is 7.27. The minimum Gasteiger partial charge on any atom is -0.490 e. The Bertz CT molecular complexity index is 902. The summed E-state index contributed by atoms with van der Waals surface area (Å²) < 4.78 is 34.8. The van der Waals surface area contributed by atoms with Gasteiger partial charge in [-0.3, -0.25) is 0 Å². The molecule has 1 aliphatic carbocycles. The first-order chi connectivity index (χ1) is 12.3. The number of aromatic carboxylic acids is 1. The highest BCUT2D eigenvalue weighted by atomic mass is 35.5. The third-order valence-electron chi connectivity index (χ3n) is 5.21. The molecule has 0 saturated carbocycles. The highest BCUT2D eigenvalue weighted by Crippen LogP contribution is 2.50. The molecule has 0 aromatic heterocycles. The van der Waals surface area contributed by atoms with Crippen molar-refractivity contribution in [3.63, 3.8) is 0 Å². The van der Waals surface area contributed by atoms with Crippen LogP contribution in [0.25, 0.3) is 0 Å². The Morgan fingerprint density at radius 2 is 1.96 bits per heavy atom. The first-order valence-corrected chi connectivity index (χ1v) is 8.61.